The van der Waals surface area contributed by atoms with Gasteiger partial charge in [0.25, 0.3) is 0 Å². The Kier molecular flexibility index (Phi) is 7.50. The number of ether oxygens (including phenoxy) is 1. The third-order valence-electron chi connectivity index (χ3n) is 4.38. The first-order valence-corrected chi connectivity index (χ1v) is 9.89. The van der Waals surface area contributed by atoms with Gasteiger partial charge in [-0.2, -0.15) is 0 Å². The average Bonchev–Trinajstić information content (AvgIpc) is 2.64. The number of nitrogens with zero attached hydrogens (tertiary/aromatic N) is 1. The summed E-state index contributed by atoms with van der Waals surface area (Å²) in [6.07, 6.45) is 2.82. The molecular weight excluding hydrogens is 400 g/mol. The van der Waals surface area contributed by atoms with E-state index < -0.39 is 5.82 Å². The zero-order valence-electron chi connectivity index (χ0n) is 16.5. The summed E-state index contributed by atoms with van der Waals surface area (Å²) in [5.41, 5.74) is 1.69. The topological polar surface area (TPSA) is 31.2 Å². The van der Waals surface area contributed by atoms with Crippen LogP contribution in [0, 0.1) is 12.7 Å². The van der Waals surface area contributed by atoms with Gasteiger partial charge in [-0.3, -0.25) is 4.79 Å². The Labute approximate surface area is 174 Å². The number of hydrogen-bond acceptors (Lipinski definition) is 2. The van der Waals surface area contributed by atoms with Crippen molar-refractivity contribution in [3.63, 3.8) is 0 Å². The summed E-state index contributed by atoms with van der Waals surface area (Å²) in [4.78, 5) is 12.9. The van der Waals surface area contributed by atoms with E-state index in [9.17, 15) is 9.18 Å². The van der Waals surface area contributed by atoms with Gasteiger partial charge in [-0.05, 0) is 50.5 Å². The Morgan fingerprint density at radius 2 is 2.00 bits per heavy atom. The smallest absolute Gasteiger partial charge is 0.193 e. The summed E-state index contributed by atoms with van der Waals surface area (Å²) in [6.45, 7) is 11.6. The maximum atomic E-state index is 13.8. The molecule has 2 rings (SSSR count). The van der Waals surface area contributed by atoms with E-state index in [0.29, 0.717) is 46.3 Å². The van der Waals surface area contributed by atoms with Crippen LogP contribution < -0.4 is 16.0 Å². The van der Waals surface area contributed by atoms with Gasteiger partial charge in [0.2, 0.25) is 0 Å². The molecule has 3 nitrogen and oxygen atoms in total. The van der Waals surface area contributed by atoms with Crippen molar-refractivity contribution in [3.8, 4) is 5.69 Å². The summed E-state index contributed by atoms with van der Waals surface area (Å²) in [6, 6.07) is 4.19. The van der Waals surface area contributed by atoms with Crippen LogP contribution in [0.25, 0.3) is 16.5 Å². The molecule has 0 amide bonds. The van der Waals surface area contributed by atoms with Crippen LogP contribution in [0.2, 0.25) is 5.02 Å². The van der Waals surface area contributed by atoms with Gasteiger partial charge in [-0.15, -0.1) is 0 Å². The summed E-state index contributed by atoms with van der Waals surface area (Å²) in [7, 11) is 0. The fraction of sp³-hybridized carbons (Fsp3) is 0.318. The van der Waals surface area contributed by atoms with E-state index in [1.54, 1.807) is 24.5 Å². The number of aromatic nitrogens is 1. The molecule has 0 saturated carbocycles. The number of halogens is 3. The monoisotopic (exact) mass is 423 g/mol. The van der Waals surface area contributed by atoms with Gasteiger partial charge < -0.3 is 9.30 Å². The molecule has 0 saturated heterocycles. The summed E-state index contributed by atoms with van der Waals surface area (Å²) in [5.74, 6) is 0.0362. The van der Waals surface area contributed by atoms with Crippen LogP contribution in [-0.2, 0) is 11.2 Å². The van der Waals surface area contributed by atoms with E-state index in [1.807, 2.05) is 13.8 Å². The highest BCUT2D eigenvalue weighted by atomic mass is 35.5. The van der Waals surface area contributed by atoms with E-state index in [1.165, 1.54) is 18.2 Å². The molecule has 0 aliphatic carbocycles. The van der Waals surface area contributed by atoms with Crippen LogP contribution in [-0.4, -0.2) is 11.2 Å². The van der Waals surface area contributed by atoms with E-state index in [0.717, 1.165) is 6.42 Å². The van der Waals surface area contributed by atoms with E-state index in [2.05, 4.69) is 6.58 Å². The molecule has 6 heteroatoms. The van der Waals surface area contributed by atoms with E-state index in [-0.39, 0.29) is 15.5 Å². The Hall–Kier alpha value is -2.04. The molecule has 0 spiro atoms. The second-order valence-corrected chi connectivity index (χ2v) is 7.24. The maximum Gasteiger partial charge on any atom is 0.193 e. The number of hydrogen-bond donors (Lipinski definition) is 0. The molecule has 1 aromatic carbocycles. The van der Waals surface area contributed by atoms with E-state index in [4.69, 9.17) is 27.9 Å². The van der Waals surface area contributed by atoms with Gasteiger partial charge >= 0.3 is 0 Å². The molecule has 1 heterocycles. The fourth-order valence-electron chi connectivity index (χ4n) is 3.14. The van der Waals surface area contributed by atoms with Crippen LogP contribution in [0.5, 0.6) is 0 Å². The average molecular weight is 424 g/mol. The molecular formula is C22H24Cl2FNO2. The minimum absolute atomic E-state index is 0.201. The molecule has 0 atom stereocenters. The van der Waals surface area contributed by atoms with Crippen molar-refractivity contribution in [3.05, 3.63) is 73.7 Å². The van der Waals surface area contributed by atoms with Crippen molar-refractivity contribution in [2.45, 2.75) is 40.5 Å². The minimum atomic E-state index is -0.431. The molecule has 0 radical (unpaired) electrons. The highest BCUT2D eigenvalue weighted by molar-refractivity contribution is 6.47. The van der Waals surface area contributed by atoms with Crippen molar-refractivity contribution in [2.75, 3.05) is 6.61 Å². The first-order valence-electron chi connectivity index (χ1n) is 9.13. The molecule has 0 N–H and O–H groups in total. The standard InChI is InChI=1S/C22H24Cl2FNO2/c1-6-9-28-14(5)20-19(27)12-16(7-2)26(22(20)17(23)8-3)21-13(4)10-15(25)11-18(21)24/h8,10-12H,3,6-7,9H2,1-2,4-5H3/b20-14+,22-17+. The lowest BCUT2D eigenvalue weighted by atomic mass is 10.1. The van der Waals surface area contributed by atoms with Crippen molar-refractivity contribution >= 4 is 34.0 Å². The molecule has 150 valence electrons. The highest BCUT2D eigenvalue weighted by Gasteiger charge is 2.17. The molecule has 0 fully saturated rings. The van der Waals surface area contributed by atoms with Gasteiger partial charge in [-0.25, -0.2) is 4.39 Å². The summed E-state index contributed by atoms with van der Waals surface area (Å²) < 4.78 is 21.4. The van der Waals surface area contributed by atoms with Crippen LogP contribution >= 0.6 is 23.2 Å². The number of rotatable bonds is 6. The number of benzene rings is 1. The first kappa shape index (κ1) is 22.3. The lowest BCUT2D eigenvalue weighted by Crippen LogP contribution is -2.48. The predicted octanol–water partition coefficient (Wildman–Crippen LogP) is 4.59. The third kappa shape index (κ3) is 4.34. The summed E-state index contributed by atoms with van der Waals surface area (Å²) >= 11 is 12.9. The predicted molar refractivity (Wildman–Crippen MR) is 115 cm³/mol. The van der Waals surface area contributed by atoms with Crippen molar-refractivity contribution in [2.24, 2.45) is 0 Å². The third-order valence-corrected chi connectivity index (χ3v) is 5.00. The van der Waals surface area contributed by atoms with Gasteiger partial charge in [0.05, 0.1) is 32.9 Å². The Balaban J connectivity index is 3.20. The fourth-order valence-corrected chi connectivity index (χ4v) is 3.66. The van der Waals surface area contributed by atoms with Crippen LogP contribution in [0.1, 0.15) is 38.4 Å². The Morgan fingerprint density at radius 1 is 1.32 bits per heavy atom. The number of aryl methyl sites for hydroxylation is 2. The molecule has 0 bridgehead atoms. The van der Waals surface area contributed by atoms with Gasteiger partial charge in [0.15, 0.2) is 5.43 Å². The summed E-state index contributed by atoms with van der Waals surface area (Å²) in [5, 5.41) is 1.28. The zero-order chi connectivity index (χ0) is 21.0. The largest absolute Gasteiger partial charge is 0.497 e. The first-order chi connectivity index (χ1) is 13.3. The zero-order valence-corrected chi connectivity index (χ0v) is 18.0. The quantitative estimate of drug-likeness (QED) is 0.680. The second kappa shape index (κ2) is 9.44. The van der Waals surface area contributed by atoms with Gasteiger partial charge in [0.1, 0.15) is 11.6 Å². The molecule has 0 unspecified atom stereocenters. The van der Waals surface area contributed by atoms with Crippen molar-refractivity contribution < 1.29 is 9.13 Å². The van der Waals surface area contributed by atoms with Crippen LogP contribution in [0.15, 0.2) is 35.6 Å². The maximum absolute atomic E-state index is 13.8. The molecule has 2 aromatic rings. The van der Waals surface area contributed by atoms with Gasteiger partial charge in [-0.1, -0.05) is 43.6 Å². The lowest BCUT2D eigenvalue weighted by molar-refractivity contribution is 0.269. The van der Waals surface area contributed by atoms with Crippen molar-refractivity contribution in [1.29, 1.82) is 0 Å². The van der Waals surface area contributed by atoms with Crippen LogP contribution in [0.3, 0.4) is 0 Å². The SMILES string of the molecule is C=C/C(Cl)=c1/c(=C(\C)OCCC)c(=O)cc(CC)n1-c1c(C)cc(F)cc1Cl. The van der Waals surface area contributed by atoms with Gasteiger partial charge in [0, 0.05) is 11.8 Å². The van der Waals surface area contributed by atoms with Crippen LogP contribution in [0.4, 0.5) is 4.39 Å². The molecule has 0 aliphatic heterocycles. The Morgan fingerprint density at radius 3 is 2.54 bits per heavy atom. The Bertz CT molecular complexity index is 1060. The highest BCUT2D eigenvalue weighted by Crippen LogP contribution is 2.26. The van der Waals surface area contributed by atoms with Crippen molar-refractivity contribution in [1.82, 2.24) is 4.57 Å². The lowest BCUT2D eigenvalue weighted by Gasteiger charge is -2.19. The molecule has 1 aromatic heterocycles. The second-order valence-electron chi connectivity index (χ2n) is 6.42. The molecule has 28 heavy (non-hydrogen) atoms. The molecule has 0 aliphatic rings. The van der Waals surface area contributed by atoms with E-state index >= 15 is 0 Å². The number of allylic oxidation sites excluding steroid dienone is 1. The minimum Gasteiger partial charge on any atom is -0.497 e. The number of pyridine rings is 1. The normalized spacial score (nSPS) is 13.2.